The third-order valence-corrected chi connectivity index (χ3v) is 5.74. The van der Waals surface area contributed by atoms with Crippen molar-refractivity contribution in [3.05, 3.63) is 28.2 Å². The Bertz CT molecular complexity index is 757. The van der Waals surface area contributed by atoms with Gasteiger partial charge in [-0.15, -0.1) is 0 Å². The van der Waals surface area contributed by atoms with Gasteiger partial charge in [-0.3, -0.25) is 9.59 Å². The van der Waals surface area contributed by atoms with E-state index in [1.165, 1.54) is 22.7 Å². The molecule has 1 amide bonds. The maximum atomic E-state index is 12.5. The van der Waals surface area contributed by atoms with Crippen LogP contribution in [0, 0.1) is 0 Å². The quantitative estimate of drug-likeness (QED) is 0.730. The van der Waals surface area contributed by atoms with Crippen molar-refractivity contribution in [2.45, 2.75) is 25.0 Å². The van der Waals surface area contributed by atoms with Crippen molar-refractivity contribution in [3.63, 3.8) is 0 Å². The number of aromatic nitrogens is 2. The first kappa shape index (κ1) is 17.1. The summed E-state index contributed by atoms with van der Waals surface area (Å²) in [6, 6.07) is 2.39. The minimum absolute atomic E-state index is 0.167. The summed E-state index contributed by atoms with van der Waals surface area (Å²) in [5.74, 6) is -0.282. The average molecular weight is 356 g/mol. The van der Waals surface area contributed by atoms with Gasteiger partial charge < -0.3 is 9.64 Å². The zero-order valence-electron chi connectivity index (χ0n) is 13.3. The van der Waals surface area contributed by atoms with Gasteiger partial charge in [0.25, 0.3) is 11.5 Å². The molecule has 0 unspecified atom stereocenters. The predicted molar refractivity (Wildman–Crippen MR) is 85.1 cm³/mol. The number of nitrogens with one attached hydrogen (secondary N) is 1. The molecule has 10 heteroatoms. The fourth-order valence-electron chi connectivity index (χ4n) is 3.29. The van der Waals surface area contributed by atoms with E-state index in [1.807, 2.05) is 0 Å². The van der Waals surface area contributed by atoms with Gasteiger partial charge in [0.15, 0.2) is 0 Å². The lowest BCUT2D eigenvalue weighted by molar-refractivity contribution is -0.0406. The van der Waals surface area contributed by atoms with E-state index in [4.69, 9.17) is 4.74 Å². The largest absolute Gasteiger partial charge is 0.375 e. The molecule has 1 aromatic heterocycles. The van der Waals surface area contributed by atoms with Crippen LogP contribution in [0.4, 0.5) is 0 Å². The van der Waals surface area contributed by atoms with Crippen LogP contribution in [0.25, 0.3) is 0 Å². The molecule has 2 saturated heterocycles. The monoisotopic (exact) mass is 356 g/mol. The number of likely N-dealkylation sites (tertiary alicyclic amines) is 1. The van der Waals surface area contributed by atoms with Gasteiger partial charge in [0.1, 0.15) is 5.69 Å². The summed E-state index contributed by atoms with van der Waals surface area (Å²) in [7, 11) is -3.31. The number of carbonyl (C=O) groups is 1. The van der Waals surface area contributed by atoms with Crippen LogP contribution in [0.3, 0.4) is 0 Å². The lowest BCUT2D eigenvalue weighted by atomic mass is 10.0. The molecule has 2 aliphatic rings. The van der Waals surface area contributed by atoms with Crippen LogP contribution in [0.5, 0.6) is 0 Å². The lowest BCUT2D eigenvalue weighted by Gasteiger charge is -2.38. The number of nitrogens with zero attached hydrogens (tertiary/aromatic N) is 3. The molecule has 0 spiro atoms. The first-order valence-corrected chi connectivity index (χ1v) is 9.64. The molecular formula is C14H20N4O5S. The normalized spacial score (nSPS) is 25.8. The number of carbonyl (C=O) groups excluding carboxylic acids is 1. The number of fused-ring (bicyclic) bond motifs is 1. The van der Waals surface area contributed by atoms with Gasteiger partial charge in [0.2, 0.25) is 10.0 Å². The molecule has 0 bridgehead atoms. The Hall–Kier alpha value is -1.78. The summed E-state index contributed by atoms with van der Waals surface area (Å²) < 4.78 is 31.1. The first-order valence-electron chi connectivity index (χ1n) is 7.79. The Morgan fingerprint density at radius 1 is 1.29 bits per heavy atom. The van der Waals surface area contributed by atoms with Crippen molar-refractivity contribution < 1.29 is 17.9 Å². The zero-order chi connectivity index (χ0) is 17.3. The molecule has 3 rings (SSSR count). The van der Waals surface area contributed by atoms with Crippen molar-refractivity contribution in [1.29, 1.82) is 0 Å². The Morgan fingerprint density at radius 2 is 2.04 bits per heavy atom. The molecular weight excluding hydrogens is 336 g/mol. The second-order valence-electron chi connectivity index (χ2n) is 6.03. The Balaban J connectivity index is 1.75. The first-order chi connectivity index (χ1) is 11.4. The molecule has 24 heavy (non-hydrogen) atoms. The van der Waals surface area contributed by atoms with Gasteiger partial charge in [-0.1, -0.05) is 0 Å². The van der Waals surface area contributed by atoms with E-state index in [0.29, 0.717) is 39.1 Å². The van der Waals surface area contributed by atoms with Crippen LogP contribution < -0.4 is 5.56 Å². The molecule has 2 atom stereocenters. The van der Waals surface area contributed by atoms with Gasteiger partial charge >= 0.3 is 0 Å². The number of H-pyrrole nitrogens is 1. The lowest BCUT2D eigenvalue weighted by Crippen LogP contribution is -2.53. The highest BCUT2D eigenvalue weighted by molar-refractivity contribution is 7.88. The SMILES string of the molecule is CS(=O)(=O)N1CCO[C@@H]2CCN(C(=O)c3ccc(=O)[nH]n3)CC[C@H]21. The number of hydrogen-bond acceptors (Lipinski definition) is 6. The number of ether oxygens (including phenoxy) is 1. The number of rotatable bonds is 2. The van der Waals surface area contributed by atoms with E-state index in [-0.39, 0.29) is 29.3 Å². The van der Waals surface area contributed by atoms with Crippen molar-refractivity contribution in [2.75, 3.05) is 32.5 Å². The van der Waals surface area contributed by atoms with Crippen LogP contribution in [-0.2, 0) is 14.8 Å². The third kappa shape index (κ3) is 3.50. The molecule has 132 valence electrons. The van der Waals surface area contributed by atoms with Gasteiger partial charge in [0, 0.05) is 25.7 Å². The van der Waals surface area contributed by atoms with Crippen LogP contribution >= 0.6 is 0 Å². The molecule has 0 saturated carbocycles. The molecule has 9 nitrogen and oxygen atoms in total. The van der Waals surface area contributed by atoms with Gasteiger partial charge in [-0.2, -0.15) is 9.40 Å². The summed E-state index contributed by atoms with van der Waals surface area (Å²) in [6.45, 7) is 1.58. The number of amides is 1. The van der Waals surface area contributed by atoms with E-state index < -0.39 is 10.0 Å². The van der Waals surface area contributed by atoms with E-state index in [0.717, 1.165) is 0 Å². The Labute approximate surface area is 139 Å². The topological polar surface area (TPSA) is 113 Å². The summed E-state index contributed by atoms with van der Waals surface area (Å²) in [4.78, 5) is 25.2. The summed E-state index contributed by atoms with van der Waals surface area (Å²) in [5, 5.41) is 6.01. The van der Waals surface area contributed by atoms with E-state index >= 15 is 0 Å². The number of sulfonamides is 1. The van der Waals surface area contributed by atoms with Crippen molar-refractivity contribution in [3.8, 4) is 0 Å². The number of hydrogen-bond donors (Lipinski definition) is 1. The molecule has 0 radical (unpaired) electrons. The van der Waals surface area contributed by atoms with Crippen molar-refractivity contribution >= 4 is 15.9 Å². The van der Waals surface area contributed by atoms with E-state index in [9.17, 15) is 18.0 Å². The highest BCUT2D eigenvalue weighted by atomic mass is 32.2. The van der Waals surface area contributed by atoms with Crippen LogP contribution in [0.15, 0.2) is 16.9 Å². The molecule has 1 aromatic rings. The van der Waals surface area contributed by atoms with Crippen LogP contribution in [0.2, 0.25) is 0 Å². The predicted octanol–water partition coefficient (Wildman–Crippen LogP) is -0.965. The van der Waals surface area contributed by atoms with Gasteiger partial charge in [0.05, 0.1) is 25.0 Å². The molecule has 2 aliphatic heterocycles. The standard InChI is InChI=1S/C14H20N4O5S/c1-24(21,22)18-8-9-23-12-5-7-17(6-4-11(12)18)14(20)10-2-3-13(19)16-15-10/h2-3,11-12H,4-9H2,1H3,(H,16,19)/t11-,12-/m1/s1. The maximum Gasteiger partial charge on any atom is 0.274 e. The van der Waals surface area contributed by atoms with Crippen molar-refractivity contribution in [2.24, 2.45) is 0 Å². The maximum absolute atomic E-state index is 12.5. The van der Waals surface area contributed by atoms with E-state index in [1.54, 1.807) is 4.90 Å². The number of morpholine rings is 1. The molecule has 2 fully saturated rings. The fraction of sp³-hybridized carbons (Fsp3) is 0.643. The van der Waals surface area contributed by atoms with Crippen LogP contribution in [0.1, 0.15) is 23.3 Å². The second kappa shape index (κ2) is 6.61. The number of aromatic amines is 1. The minimum atomic E-state index is -3.31. The molecule has 3 heterocycles. The van der Waals surface area contributed by atoms with Crippen LogP contribution in [-0.4, -0.2) is 78.4 Å². The van der Waals surface area contributed by atoms with E-state index in [2.05, 4.69) is 10.2 Å². The zero-order valence-corrected chi connectivity index (χ0v) is 14.2. The minimum Gasteiger partial charge on any atom is -0.375 e. The molecule has 1 N–H and O–H groups in total. The highest BCUT2D eigenvalue weighted by Crippen LogP contribution is 2.26. The summed E-state index contributed by atoms with van der Waals surface area (Å²) in [6.07, 6.45) is 2.06. The average Bonchev–Trinajstić information content (AvgIpc) is 2.76. The highest BCUT2D eigenvalue weighted by Gasteiger charge is 2.39. The second-order valence-corrected chi connectivity index (χ2v) is 7.96. The Morgan fingerprint density at radius 3 is 2.71 bits per heavy atom. The molecule has 0 aliphatic carbocycles. The summed E-state index contributed by atoms with van der Waals surface area (Å²) in [5.41, 5.74) is -0.203. The third-order valence-electron chi connectivity index (χ3n) is 4.43. The summed E-state index contributed by atoms with van der Waals surface area (Å²) >= 11 is 0. The smallest absolute Gasteiger partial charge is 0.274 e. The van der Waals surface area contributed by atoms with Gasteiger partial charge in [-0.05, 0) is 18.9 Å². The Kier molecular flexibility index (Phi) is 4.70. The fourth-order valence-corrected chi connectivity index (χ4v) is 4.42. The van der Waals surface area contributed by atoms with Crippen molar-refractivity contribution in [1.82, 2.24) is 19.4 Å². The molecule has 0 aromatic carbocycles. The van der Waals surface area contributed by atoms with Gasteiger partial charge in [-0.25, -0.2) is 13.5 Å².